The van der Waals surface area contributed by atoms with Gasteiger partial charge >= 0.3 is 0 Å². The largest absolute Gasteiger partial charge is 0.242 e. The van der Waals surface area contributed by atoms with Crippen LogP contribution in [-0.2, 0) is 0 Å². The van der Waals surface area contributed by atoms with E-state index < -0.39 is 0 Å². The van der Waals surface area contributed by atoms with Gasteiger partial charge in [0.25, 0.3) is 0 Å². The molecule has 2 heterocycles. The number of fused-ring (bicyclic) bond motifs is 1. The summed E-state index contributed by atoms with van der Waals surface area (Å²) in [4.78, 5) is 3.86. The zero-order valence-electron chi connectivity index (χ0n) is 5.33. The predicted molar refractivity (Wildman–Crippen MR) is 43.0 cm³/mol. The highest BCUT2D eigenvalue weighted by Gasteiger charge is 2.01. The predicted octanol–water partition coefficient (Wildman–Crippen LogP) is 2.04. The topological polar surface area (TPSA) is 30.2 Å². The molecule has 0 unspecified atom stereocenters. The van der Waals surface area contributed by atoms with Crippen LogP contribution in [0.5, 0.6) is 0 Å². The van der Waals surface area contributed by atoms with Gasteiger partial charge in [-0.2, -0.15) is 5.10 Å². The third-order valence-electron chi connectivity index (χ3n) is 1.31. The smallest absolute Gasteiger partial charge is 0.151 e. The van der Waals surface area contributed by atoms with Crippen LogP contribution >= 0.6 is 23.2 Å². The second-order valence-electron chi connectivity index (χ2n) is 2.04. The van der Waals surface area contributed by atoms with Crippen LogP contribution in [0.25, 0.3) is 5.52 Å². The Hall–Kier alpha value is -0.800. The summed E-state index contributed by atoms with van der Waals surface area (Å²) in [7, 11) is 0. The average Bonchev–Trinajstić information content (AvgIpc) is 2.34. The number of rotatable bonds is 0. The van der Waals surface area contributed by atoms with E-state index in [4.69, 9.17) is 23.2 Å². The Morgan fingerprint density at radius 3 is 3.00 bits per heavy atom. The Morgan fingerprint density at radius 2 is 2.18 bits per heavy atom. The fourth-order valence-corrected chi connectivity index (χ4v) is 1.33. The van der Waals surface area contributed by atoms with Gasteiger partial charge in [-0.15, -0.1) is 0 Å². The summed E-state index contributed by atoms with van der Waals surface area (Å²) in [6, 6.07) is 1.58. The summed E-state index contributed by atoms with van der Waals surface area (Å²) >= 11 is 11.5. The molecule has 0 aliphatic carbocycles. The van der Waals surface area contributed by atoms with Crippen molar-refractivity contribution in [1.29, 1.82) is 0 Å². The van der Waals surface area contributed by atoms with E-state index in [9.17, 15) is 0 Å². The molecule has 3 nitrogen and oxygen atoms in total. The van der Waals surface area contributed by atoms with Crippen LogP contribution in [0.15, 0.2) is 18.6 Å². The maximum atomic E-state index is 5.82. The summed E-state index contributed by atoms with van der Waals surface area (Å²) in [5.41, 5.74) is 0.760. The summed E-state index contributed by atoms with van der Waals surface area (Å²) < 4.78 is 1.53. The van der Waals surface area contributed by atoms with E-state index in [1.54, 1.807) is 18.6 Å². The average molecular weight is 188 g/mol. The lowest BCUT2D eigenvalue weighted by molar-refractivity contribution is 0.927. The lowest BCUT2D eigenvalue weighted by Crippen LogP contribution is -1.89. The molecule has 0 aromatic carbocycles. The quantitative estimate of drug-likeness (QED) is 0.633. The van der Waals surface area contributed by atoms with Crippen molar-refractivity contribution in [3.63, 3.8) is 0 Å². The van der Waals surface area contributed by atoms with Crippen LogP contribution in [0, 0.1) is 0 Å². The van der Waals surface area contributed by atoms with Crippen molar-refractivity contribution < 1.29 is 0 Å². The normalized spacial score (nSPS) is 10.7. The Morgan fingerprint density at radius 1 is 1.36 bits per heavy atom. The van der Waals surface area contributed by atoms with Crippen molar-refractivity contribution in [3.8, 4) is 0 Å². The van der Waals surface area contributed by atoms with Crippen LogP contribution in [0.1, 0.15) is 0 Å². The lowest BCUT2D eigenvalue weighted by Gasteiger charge is -1.94. The van der Waals surface area contributed by atoms with Gasteiger partial charge in [-0.05, 0) is 6.07 Å². The van der Waals surface area contributed by atoms with E-state index >= 15 is 0 Å². The van der Waals surface area contributed by atoms with Crippen molar-refractivity contribution in [2.75, 3.05) is 0 Å². The first-order valence-electron chi connectivity index (χ1n) is 2.92. The van der Waals surface area contributed by atoms with Gasteiger partial charge in [-0.1, -0.05) is 23.2 Å². The molecule has 56 valence electrons. The minimum atomic E-state index is 0.362. The molecule has 0 fully saturated rings. The highest BCUT2D eigenvalue weighted by Crippen LogP contribution is 2.18. The van der Waals surface area contributed by atoms with Gasteiger partial charge in [-0.3, -0.25) is 0 Å². The maximum absolute atomic E-state index is 5.82. The van der Waals surface area contributed by atoms with Gasteiger partial charge in [0.15, 0.2) is 5.15 Å². The molecular formula is C6H3Cl2N3. The fourth-order valence-electron chi connectivity index (χ4n) is 0.850. The first-order chi connectivity index (χ1) is 5.27. The molecule has 2 aromatic heterocycles. The molecule has 0 N–H and O–H groups in total. The summed E-state index contributed by atoms with van der Waals surface area (Å²) in [6.07, 6.45) is 3.18. The lowest BCUT2D eigenvalue weighted by atomic mass is 10.5. The van der Waals surface area contributed by atoms with Crippen LogP contribution in [0.2, 0.25) is 10.2 Å². The molecule has 0 atom stereocenters. The molecule has 0 aliphatic rings. The Kier molecular flexibility index (Phi) is 1.47. The van der Waals surface area contributed by atoms with Gasteiger partial charge in [0.05, 0.1) is 11.2 Å². The van der Waals surface area contributed by atoms with Crippen molar-refractivity contribution in [3.05, 3.63) is 28.8 Å². The molecule has 0 aliphatic heterocycles. The molecule has 5 heteroatoms. The van der Waals surface area contributed by atoms with E-state index in [-0.39, 0.29) is 0 Å². The molecule has 11 heavy (non-hydrogen) atoms. The van der Waals surface area contributed by atoms with Crippen molar-refractivity contribution in [2.45, 2.75) is 0 Å². The van der Waals surface area contributed by atoms with Crippen molar-refractivity contribution >= 4 is 28.7 Å². The van der Waals surface area contributed by atoms with E-state index in [1.807, 2.05) is 0 Å². The number of halogens is 2. The third kappa shape index (κ3) is 1.06. The minimum absolute atomic E-state index is 0.362. The van der Waals surface area contributed by atoms with Crippen molar-refractivity contribution in [1.82, 2.24) is 14.6 Å². The first-order valence-corrected chi connectivity index (χ1v) is 3.67. The second kappa shape index (κ2) is 2.36. The number of hydrogen-bond acceptors (Lipinski definition) is 2. The molecule has 0 bridgehead atoms. The van der Waals surface area contributed by atoms with Crippen molar-refractivity contribution in [2.24, 2.45) is 0 Å². The molecule has 0 saturated heterocycles. The molecular weight excluding hydrogens is 185 g/mol. The third-order valence-corrected chi connectivity index (χ3v) is 1.80. The second-order valence-corrected chi connectivity index (χ2v) is 2.83. The zero-order chi connectivity index (χ0) is 7.84. The Balaban J connectivity index is 2.91. The Labute approximate surface area is 72.6 Å². The van der Waals surface area contributed by atoms with Gasteiger partial charge in [-0.25, -0.2) is 9.50 Å². The van der Waals surface area contributed by atoms with Crippen LogP contribution in [0.4, 0.5) is 0 Å². The SMILES string of the molecule is Clc1cc(Cl)c2cncn2n1. The summed E-state index contributed by atoms with van der Waals surface area (Å²) in [5.74, 6) is 0. The zero-order valence-corrected chi connectivity index (χ0v) is 6.84. The van der Waals surface area contributed by atoms with Crippen LogP contribution in [0.3, 0.4) is 0 Å². The van der Waals surface area contributed by atoms with E-state index in [0.717, 1.165) is 5.52 Å². The summed E-state index contributed by atoms with van der Waals surface area (Å²) in [5, 5.41) is 4.85. The van der Waals surface area contributed by atoms with Gasteiger partial charge in [0.2, 0.25) is 0 Å². The Bertz CT molecular complexity index is 396. The molecule has 0 radical (unpaired) electrons. The number of imidazole rings is 1. The van der Waals surface area contributed by atoms with Gasteiger partial charge < -0.3 is 0 Å². The molecule has 2 rings (SSSR count). The minimum Gasteiger partial charge on any atom is -0.242 e. The summed E-state index contributed by atoms with van der Waals surface area (Å²) in [6.45, 7) is 0. The van der Waals surface area contributed by atoms with Crippen LogP contribution < -0.4 is 0 Å². The standard InChI is InChI=1S/C6H3Cl2N3/c7-4-1-6(8)10-11-3-9-2-5(4)11/h1-3H. The highest BCUT2D eigenvalue weighted by molar-refractivity contribution is 6.36. The number of aromatic nitrogens is 3. The number of hydrogen-bond donors (Lipinski definition) is 0. The molecule has 0 amide bonds. The highest BCUT2D eigenvalue weighted by atomic mass is 35.5. The molecule has 0 saturated carbocycles. The fraction of sp³-hybridized carbons (Fsp3) is 0. The number of nitrogens with zero attached hydrogens (tertiary/aromatic N) is 3. The van der Waals surface area contributed by atoms with E-state index in [1.165, 1.54) is 4.52 Å². The van der Waals surface area contributed by atoms with Gasteiger partial charge in [0, 0.05) is 0 Å². The van der Waals surface area contributed by atoms with Gasteiger partial charge in [0.1, 0.15) is 11.8 Å². The molecule has 0 spiro atoms. The molecule has 2 aromatic rings. The maximum Gasteiger partial charge on any atom is 0.151 e. The van der Waals surface area contributed by atoms with E-state index in [0.29, 0.717) is 10.2 Å². The van der Waals surface area contributed by atoms with Crippen LogP contribution in [-0.4, -0.2) is 14.6 Å². The monoisotopic (exact) mass is 187 g/mol. The first kappa shape index (κ1) is 6.88. The van der Waals surface area contributed by atoms with E-state index in [2.05, 4.69) is 10.1 Å².